The van der Waals surface area contributed by atoms with E-state index >= 15 is 0 Å². The molecule has 0 heterocycles. The fraction of sp³-hybridized carbons (Fsp3) is 0.571. The second-order valence-electron chi connectivity index (χ2n) is 4.75. The van der Waals surface area contributed by atoms with E-state index in [0.717, 1.165) is 0 Å². The Morgan fingerprint density at radius 1 is 0.526 bits per heavy atom. The molecule has 0 amide bonds. The molecule has 0 aliphatic carbocycles. The van der Waals surface area contributed by atoms with Crippen molar-refractivity contribution in [3.63, 3.8) is 0 Å². The maximum atomic E-state index is 7.50. The minimum Gasteiger partial charge on any atom is -0.281 e. The van der Waals surface area contributed by atoms with E-state index < -0.39 is 0 Å². The molecule has 0 bridgehead atoms. The van der Waals surface area contributed by atoms with Crippen molar-refractivity contribution in [2.24, 2.45) is 10.8 Å². The SMILES string of the molecule is CC(C)(C)C#CC(C)(C)C.[C]=O.[C]=O.[C]=O.[C]=O.[Fe]. The van der Waals surface area contributed by atoms with Crippen LogP contribution in [0.15, 0.2) is 0 Å². The molecule has 0 unspecified atom stereocenters. The van der Waals surface area contributed by atoms with Crippen molar-refractivity contribution in [2.45, 2.75) is 41.5 Å². The summed E-state index contributed by atoms with van der Waals surface area (Å²) in [5.74, 6) is 6.42. The number of carbonyl (C=O) groups excluding carboxylic acids is 4. The van der Waals surface area contributed by atoms with Crippen molar-refractivity contribution in [2.75, 3.05) is 0 Å². The quantitative estimate of drug-likeness (QED) is 0.502. The minimum atomic E-state index is 0. The van der Waals surface area contributed by atoms with Gasteiger partial charge in [-0.3, -0.25) is 19.2 Å². The summed E-state index contributed by atoms with van der Waals surface area (Å²) in [6, 6.07) is 0. The van der Waals surface area contributed by atoms with E-state index in [4.69, 9.17) is 19.2 Å². The molecule has 8 radical (unpaired) electrons. The predicted octanol–water partition coefficient (Wildman–Crippen LogP) is 1.49. The molecule has 0 spiro atoms. The van der Waals surface area contributed by atoms with E-state index in [0.29, 0.717) is 0 Å². The molecule has 0 aromatic rings. The van der Waals surface area contributed by atoms with Crippen LogP contribution in [0.4, 0.5) is 0 Å². The van der Waals surface area contributed by atoms with Crippen molar-refractivity contribution in [1.82, 2.24) is 0 Å². The second-order valence-corrected chi connectivity index (χ2v) is 4.75. The van der Waals surface area contributed by atoms with Gasteiger partial charge < -0.3 is 0 Å². The zero-order valence-electron chi connectivity index (χ0n) is 12.0. The van der Waals surface area contributed by atoms with Crippen LogP contribution >= 0.6 is 0 Å². The maximum absolute atomic E-state index is 7.50. The monoisotopic (exact) mass is 306 g/mol. The molecule has 0 N–H and O–H groups in total. The van der Waals surface area contributed by atoms with Crippen molar-refractivity contribution in [3.8, 4) is 11.8 Å². The van der Waals surface area contributed by atoms with E-state index in [1.165, 1.54) is 0 Å². The average molecular weight is 306 g/mol. The summed E-state index contributed by atoms with van der Waals surface area (Å²) in [5, 5.41) is 0. The molecule has 0 aromatic carbocycles. The zero-order chi connectivity index (χ0) is 16.4. The summed E-state index contributed by atoms with van der Waals surface area (Å²) < 4.78 is 0. The smallest absolute Gasteiger partial charge is 0.281 e. The topological polar surface area (TPSA) is 68.3 Å². The van der Waals surface area contributed by atoms with Crippen LogP contribution < -0.4 is 0 Å². The molecule has 0 atom stereocenters. The Morgan fingerprint density at radius 2 is 0.632 bits per heavy atom. The van der Waals surface area contributed by atoms with Crippen molar-refractivity contribution in [1.29, 1.82) is 0 Å². The summed E-state index contributed by atoms with van der Waals surface area (Å²) >= 11 is 0. The van der Waals surface area contributed by atoms with Gasteiger partial charge in [0.25, 0.3) is 27.2 Å². The first-order chi connectivity index (χ1) is 8.21. The molecule has 0 aromatic heterocycles. The fourth-order valence-electron chi connectivity index (χ4n) is 0.375. The van der Waals surface area contributed by atoms with E-state index in [1.54, 1.807) is 0 Å². The van der Waals surface area contributed by atoms with Gasteiger partial charge in [-0.15, -0.1) is 0 Å². The van der Waals surface area contributed by atoms with Crippen molar-refractivity contribution >= 4 is 27.2 Å². The predicted molar refractivity (Wildman–Crippen MR) is 69.5 cm³/mol. The summed E-state index contributed by atoms with van der Waals surface area (Å²) in [4.78, 5) is 30.0. The molecule has 5 heteroatoms. The maximum Gasteiger partial charge on any atom is 0.281 e. The van der Waals surface area contributed by atoms with Gasteiger partial charge in [0, 0.05) is 27.9 Å². The normalized spacial score (nSPS) is 7.26. The van der Waals surface area contributed by atoms with Gasteiger partial charge >= 0.3 is 0 Å². The van der Waals surface area contributed by atoms with Gasteiger partial charge in [-0.25, -0.2) is 0 Å². The van der Waals surface area contributed by atoms with E-state index in [1.807, 2.05) is 0 Å². The van der Waals surface area contributed by atoms with Crippen LogP contribution in [0.2, 0.25) is 0 Å². The van der Waals surface area contributed by atoms with E-state index in [2.05, 4.69) is 80.5 Å². The molecule has 0 fully saturated rings. The van der Waals surface area contributed by atoms with Crippen molar-refractivity contribution in [3.05, 3.63) is 0 Å². The molecule has 0 aliphatic rings. The molecule has 0 aliphatic heterocycles. The largest absolute Gasteiger partial charge is 0.281 e. The van der Waals surface area contributed by atoms with Crippen LogP contribution in [-0.2, 0) is 36.2 Å². The summed E-state index contributed by atoms with van der Waals surface area (Å²) in [6.45, 7) is 30.8. The summed E-state index contributed by atoms with van der Waals surface area (Å²) in [6.07, 6.45) is 0. The van der Waals surface area contributed by atoms with Gasteiger partial charge in [-0.1, -0.05) is 11.8 Å². The van der Waals surface area contributed by atoms with Gasteiger partial charge in [-0.2, -0.15) is 0 Å². The molecular formula is C14H18FeO4. The molecule has 106 valence electrons. The molecule has 19 heavy (non-hydrogen) atoms. The first-order valence-corrected chi connectivity index (χ1v) is 4.57. The third-order valence-electron chi connectivity index (χ3n) is 0.812. The van der Waals surface area contributed by atoms with Crippen molar-refractivity contribution < 1.29 is 36.2 Å². The van der Waals surface area contributed by atoms with Gasteiger partial charge in [0.15, 0.2) is 0 Å². The first-order valence-electron chi connectivity index (χ1n) is 4.57. The molecule has 0 rings (SSSR count). The second kappa shape index (κ2) is 25.6. The first kappa shape index (κ1) is 36.1. The Hall–Kier alpha value is -1.24. The fourth-order valence-corrected chi connectivity index (χ4v) is 0.375. The molecular weight excluding hydrogens is 288 g/mol. The molecule has 0 saturated carbocycles. The van der Waals surface area contributed by atoms with Gasteiger partial charge in [0.2, 0.25) is 0 Å². The van der Waals surface area contributed by atoms with Gasteiger partial charge in [0.05, 0.1) is 0 Å². The van der Waals surface area contributed by atoms with Gasteiger partial charge in [0.1, 0.15) is 0 Å². The molecule has 4 nitrogen and oxygen atoms in total. The Labute approximate surface area is 128 Å². The summed E-state index contributed by atoms with van der Waals surface area (Å²) in [5.41, 5.74) is 0.292. The summed E-state index contributed by atoms with van der Waals surface area (Å²) in [7, 11) is 0. The van der Waals surface area contributed by atoms with Crippen LogP contribution in [0.25, 0.3) is 0 Å². The Balaban J connectivity index is -0.0000000401. The average Bonchev–Trinajstić information content (AvgIpc) is 2.35. The van der Waals surface area contributed by atoms with E-state index in [9.17, 15) is 0 Å². The Morgan fingerprint density at radius 3 is 0.684 bits per heavy atom. The zero-order valence-corrected chi connectivity index (χ0v) is 13.1. The number of hydrogen-bond donors (Lipinski definition) is 0. The Kier molecular flexibility index (Phi) is 48.5. The third kappa shape index (κ3) is 110. The van der Waals surface area contributed by atoms with Crippen LogP contribution in [0.5, 0.6) is 0 Å². The Bertz CT molecular complexity index is 192. The standard InChI is InChI=1S/C10H18.4CO.Fe/c1-9(2,3)7-8-10(4,5)6;4*1-2;/h1-6H3;;;;;. The van der Waals surface area contributed by atoms with Crippen LogP contribution in [-0.4, -0.2) is 27.2 Å². The minimum absolute atomic E-state index is 0. The third-order valence-corrected chi connectivity index (χ3v) is 0.812. The van der Waals surface area contributed by atoms with Crippen LogP contribution in [0.1, 0.15) is 41.5 Å². The van der Waals surface area contributed by atoms with Gasteiger partial charge in [-0.05, 0) is 41.5 Å². The van der Waals surface area contributed by atoms with Crippen LogP contribution in [0, 0.1) is 22.7 Å². The number of rotatable bonds is 0. The van der Waals surface area contributed by atoms with Crippen LogP contribution in [0.3, 0.4) is 0 Å². The molecule has 0 saturated heterocycles. The number of hydrogen-bond acceptors (Lipinski definition) is 4. The van der Waals surface area contributed by atoms with E-state index in [-0.39, 0.29) is 27.9 Å².